The first-order chi connectivity index (χ1) is 11.1. The first-order valence-corrected chi connectivity index (χ1v) is 8.29. The maximum absolute atomic E-state index is 12.9. The van der Waals surface area contributed by atoms with Crippen LogP contribution in [0.4, 0.5) is 4.79 Å². The molecule has 2 aliphatic heterocycles. The zero-order chi connectivity index (χ0) is 16.2. The lowest BCUT2D eigenvalue weighted by atomic mass is 9.72. The van der Waals surface area contributed by atoms with Crippen molar-refractivity contribution in [1.29, 1.82) is 0 Å². The molecular weight excluding hydrogens is 286 g/mol. The number of hydrogen-bond acceptors (Lipinski definition) is 2. The first-order valence-electron chi connectivity index (χ1n) is 8.29. The van der Waals surface area contributed by atoms with E-state index in [-0.39, 0.29) is 6.09 Å². The van der Waals surface area contributed by atoms with Crippen LogP contribution in [-0.2, 0) is 15.8 Å². The van der Waals surface area contributed by atoms with Gasteiger partial charge in [-0.2, -0.15) is 0 Å². The van der Waals surface area contributed by atoms with Crippen LogP contribution in [-0.4, -0.2) is 17.6 Å². The Hall–Kier alpha value is -2.29. The predicted molar refractivity (Wildman–Crippen MR) is 89.3 cm³/mol. The van der Waals surface area contributed by atoms with E-state index in [4.69, 9.17) is 4.74 Å². The molecule has 23 heavy (non-hydrogen) atoms. The summed E-state index contributed by atoms with van der Waals surface area (Å²) in [6.45, 7) is 6.54. The van der Waals surface area contributed by atoms with Crippen molar-refractivity contribution in [3.8, 4) is 0 Å². The molecule has 2 aliphatic rings. The van der Waals surface area contributed by atoms with E-state index in [1.54, 1.807) is 0 Å². The highest BCUT2D eigenvalue weighted by Crippen LogP contribution is 2.64. The Labute approximate surface area is 136 Å². The summed E-state index contributed by atoms with van der Waals surface area (Å²) in [5, 5.41) is 0. The van der Waals surface area contributed by atoms with Crippen LogP contribution in [0.3, 0.4) is 0 Å². The van der Waals surface area contributed by atoms with Gasteiger partial charge in [-0.05, 0) is 42.5 Å². The van der Waals surface area contributed by atoms with Crippen LogP contribution >= 0.6 is 0 Å². The summed E-state index contributed by atoms with van der Waals surface area (Å²) in [5.74, 6) is 0. The molecule has 0 saturated heterocycles. The van der Waals surface area contributed by atoms with Crippen molar-refractivity contribution in [1.82, 2.24) is 4.90 Å². The summed E-state index contributed by atoms with van der Waals surface area (Å²) in [6, 6.07) is 16.8. The Bertz CT molecular complexity index is 748. The van der Waals surface area contributed by atoms with E-state index in [0.29, 0.717) is 6.61 Å². The highest BCUT2D eigenvalue weighted by Gasteiger charge is 2.66. The van der Waals surface area contributed by atoms with E-state index in [9.17, 15) is 4.79 Å². The normalized spacial score (nSPS) is 26.8. The quantitative estimate of drug-likeness (QED) is 0.823. The van der Waals surface area contributed by atoms with Gasteiger partial charge in [0.2, 0.25) is 0 Å². The molecule has 2 heterocycles. The van der Waals surface area contributed by atoms with Crippen LogP contribution in [0, 0.1) is 0 Å². The fourth-order valence-electron chi connectivity index (χ4n) is 4.76. The molecule has 0 aliphatic carbocycles. The van der Waals surface area contributed by atoms with Gasteiger partial charge >= 0.3 is 6.09 Å². The highest BCUT2D eigenvalue weighted by atomic mass is 16.6. The van der Waals surface area contributed by atoms with Gasteiger partial charge in [0, 0.05) is 0 Å². The van der Waals surface area contributed by atoms with Crippen molar-refractivity contribution in [2.75, 3.05) is 6.61 Å². The van der Waals surface area contributed by atoms with E-state index in [1.165, 1.54) is 22.3 Å². The second-order valence-electron chi connectivity index (χ2n) is 6.41. The smallest absolute Gasteiger partial charge is 0.411 e. The third kappa shape index (κ3) is 1.43. The van der Waals surface area contributed by atoms with Gasteiger partial charge in [-0.1, -0.05) is 55.5 Å². The monoisotopic (exact) mass is 307 g/mol. The van der Waals surface area contributed by atoms with Gasteiger partial charge in [0.15, 0.2) is 0 Å². The maximum atomic E-state index is 12.9. The largest absolute Gasteiger partial charge is 0.450 e. The molecule has 118 valence electrons. The molecule has 0 fully saturated rings. The molecule has 0 unspecified atom stereocenters. The van der Waals surface area contributed by atoms with E-state index in [1.807, 2.05) is 11.8 Å². The summed E-state index contributed by atoms with van der Waals surface area (Å²) in [7, 11) is 0. The number of hydrogen-bond donors (Lipinski definition) is 0. The summed E-state index contributed by atoms with van der Waals surface area (Å²) in [5.41, 5.74) is 4.01. The SMILES string of the molecule is CCOC(=O)N1C2(C)c3ccccc3C1(CC)c1ccccc12. The van der Waals surface area contributed by atoms with Gasteiger partial charge in [0.1, 0.15) is 0 Å². The number of ether oxygens (including phenoxy) is 1. The minimum absolute atomic E-state index is 0.232. The van der Waals surface area contributed by atoms with E-state index < -0.39 is 11.1 Å². The molecule has 2 aromatic carbocycles. The number of carbonyl (C=O) groups excluding carboxylic acids is 1. The Balaban J connectivity index is 2.08. The lowest BCUT2D eigenvalue weighted by Gasteiger charge is -2.37. The number of carbonyl (C=O) groups is 1. The Morgan fingerprint density at radius 3 is 1.87 bits per heavy atom. The lowest BCUT2D eigenvalue weighted by Crippen LogP contribution is -2.48. The fourth-order valence-corrected chi connectivity index (χ4v) is 4.76. The average molecular weight is 307 g/mol. The minimum atomic E-state index is -0.463. The van der Waals surface area contributed by atoms with Crippen molar-refractivity contribution in [3.05, 3.63) is 70.8 Å². The van der Waals surface area contributed by atoms with E-state index in [2.05, 4.69) is 62.4 Å². The molecule has 0 radical (unpaired) electrons. The van der Waals surface area contributed by atoms with Crippen molar-refractivity contribution < 1.29 is 9.53 Å². The van der Waals surface area contributed by atoms with Gasteiger partial charge < -0.3 is 4.74 Å². The van der Waals surface area contributed by atoms with Crippen LogP contribution in [0.2, 0.25) is 0 Å². The van der Waals surface area contributed by atoms with E-state index >= 15 is 0 Å². The van der Waals surface area contributed by atoms with Gasteiger partial charge in [0.05, 0.1) is 17.7 Å². The molecular formula is C20H21NO2. The number of rotatable bonds is 2. The predicted octanol–water partition coefficient (Wildman–Crippen LogP) is 4.39. The second kappa shape index (κ2) is 4.60. The van der Waals surface area contributed by atoms with E-state index in [0.717, 1.165) is 6.42 Å². The zero-order valence-corrected chi connectivity index (χ0v) is 13.8. The number of amides is 1. The van der Waals surface area contributed by atoms with Gasteiger partial charge in [0.25, 0.3) is 0 Å². The fraction of sp³-hybridized carbons (Fsp3) is 0.350. The zero-order valence-electron chi connectivity index (χ0n) is 13.8. The van der Waals surface area contributed by atoms with Crippen LogP contribution in [0.15, 0.2) is 48.5 Å². The van der Waals surface area contributed by atoms with Crippen LogP contribution in [0.25, 0.3) is 0 Å². The Morgan fingerprint density at radius 2 is 1.43 bits per heavy atom. The Morgan fingerprint density at radius 1 is 0.957 bits per heavy atom. The van der Waals surface area contributed by atoms with Gasteiger partial charge in [-0.3, -0.25) is 4.90 Å². The molecule has 2 aromatic rings. The molecule has 4 rings (SSSR count). The number of fused-ring (bicyclic) bond motifs is 8. The Kier molecular flexibility index (Phi) is 2.87. The van der Waals surface area contributed by atoms with Crippen LogP contribution in [0.5, 0.6) is 0 Å². The third-order valence-corrected chi connectivity index (χ3v) is 5.59. The molecule has 0 atom stereocenters. The summed E-state index contributed by atoms with van der Waals surface area (Å²) in [6.07, 6.45) is 0.597. The number of benzene rings is 2. The van der Waals surface area contributed by atoms with Crippen LogP contribution in [0.1, 0.15) is 49.4 Å². The molecule has 0 spiro atoms. The van der Waals surface area contributed by atoms with Crippen molar-refractivity contribution in [3.63, 3.8) is 0 Å². The second-order valence-corrected chi connectivity index (χ2v) is 6.41. The summed E-state index contributed by atoms with van der Waals surface area (Å²) < 4.78 is 5.45. The molecule has 1 amide bonds. The van der Waals surface area contributed by atoms with Crippen LogP contribution < -0.4 is 0 Å². The topological polar surface area (TPSA) is 29.5 Å². The summed E-state index contributed by atoms with van der Waals surface area (Å²) in [4.78, 5) is 14.9. The molecule has 0 aromatic heterocycles. The highest BCUT2D eigenvalue weighted by molar-refractivity contribution is 5.80. The van der Waals surface area contributed by atoms with Gasteiger partial charge in [-0.25, -0.2) is 4.79 Å². The summed E-state index contributed by atoms with van der Waals surface area (Å²) >= 11 is 0. The van der Waals surface area contributed by atoms with Crippen molar-refractivity contribution in [2.45, 2.75) is 38.3 Å². The third-order valence-electron chi connectivity index (χ3n) is 5.59. The number of nitrogens with zero attached hydrogens (tertiary/aromatic N) is 1. The molecule has 3 nitrogen and oxygen atoms in total. The molecule has 3 heteroatoms. The van der Waals surface area contributed by atoms with Gasteiger partial charge in [-0.15, -0.1) is 0 Å². The minimum Gasteiger partial charge on any atom is -0.450 e. The maximum Gasteiger partial charge on any atom is 0.411 e. The van der Waals surface area contributed by atoms with Crippen molar-refractivity contribution in [2.24, 2.45) is 0 Å². The standard InChI is InChI=1S/C20H21NO2/c1-4-20-16-12-8-6-10-14(16)19(3,21(20)18(22)23-5-2)15-11-7-9-13-17(15)20/h6-13H,4-5H2,1-3H3. The molecule has 0 N–H and O–H groups in total. The lowest BCUT2D eigenvalue weighted by molar-refractivity contribution is 0.0462. The molecule has 0 saturated carbocycles. The molecule has 2 bridgehead atoms. The average Bonchev–Trinajstić information content (AvgIpc) is 2.96. The first kappa shape index (κ1) is 14.3. The van der Waals surface area contributed by atoms with Crippen molar-refractivity contribution >= 4 is 6.09 Å².